The average Bonchev–Trinajstić information content (AvgIpc) is 3.75. The third-order valence-corrected chi connectivity index (χ3v) is 8.06. The van der Waals surface area contributed by atoms with Crippen molar-refractivity contribution in [3.8, 4) is 17.0 Å². The van der Waals surface area contributed by atoms with Crippen LogP contribution in [0.15, 0.2) is 36.5 Å². The Kier molecular flexibility index (Phi) is 6.68. The lowest BCUT2D eigenvalue weighted by molar-refractivity contribution is 0.253. The summed E-state index contributed by atoms with van der Waals surface area (Å²) < 4.78 is 36.3. The van der Waals surface area contributed by atoms with Crippen LogP contribution in [-0.2, 0) is 0 Å². The normalized spacial score (nSPS) is 18.4. The second kappa shape index (κ2) is 10.1. The molecule has 38 heavy (non-hydrogen) atoms. The number of hydrogen-bond donors (Lipinski definition) is 1. The maximum Gasteiger partial charge on any atom is 0.227 e. The Morgan fingerprint density at radius 1 is 0.947 bits per heavy atom. The van der Waals surface area contributed by atoms with Crippen molar-refractivity contribution >= 4 is 17.3 Å². The lowest BCUT2D eigenvalue weighted by Gasteiger charge is -2.36. The average molecular weight is 520 g/mol. The van der Waals surface area contributed by atoms with E-state index in [2.05, 4.69) is 46.0 Å². The zero-order valence-electron chi connectivity index (χ0n) is 22.3. The summed E-state index contributed by atoms with van der Waals surface area (Å²) in [6.07, 6.45) is 5.31. The van der Waals surface area contributed by atoms with Crippen molar-refractivity contribution in [2.75, 3.05) is 43.5 Å². The van der Waals surface area contributed by atoms with Crippen molar-refractivity contribution in [3.05, 3.63) is 59.3 Å². The molecule has 0 bridgehead atoms. The van der Waals surface area contributed by atoms with Gasteiger partial charge in [-0.3, -0.25) is 0 Å². The van der Waals surface area contributed by atoms with E-state index < -0.39 is 5.82 Å². The van der Waals surface area contributed by atoms with Crippen molar-refractivity contribution in [1.29, 1.82) is 0 Å². The molecule has 2 fully saturated rings. The number of ether oxygens (including phenoxy) is 1. The Morgan fingerprint density at radius 3 is 2.42 bits per heavy atom. The summed E-state index contributed by atoms with van der Waals surface area (Å²) in [6.45, 7) is 7.70. The molecule has 3 aliphatic rings. The number of fused-ring (bicyclic) bond motifs is 1. The van der Waals surface area contributed by atoms with Crippen LogP contribution < -0.4 is 15.0 Å². The van der Waals surface area contributed by atoms with Crippen LogP contribution in [0.1, 0.15) is 62.5 Å². The van der Waals surface area contributed by atoms with Gasteiger partial charge in [0.15, 0.2) is 5.82 Å². The molecule has 6 nitrogen and oxygen atoms in total. The Hall–Kier alpha value is -3.26. The lowest BCUT2D eigenvalue weighted by atomic mass is 9.89. The fourth-order valence-electron chi connectivity index (χ4n) is 5.76. The summed E-state index contributed by atoms with van der Waals surface area (Å²) in [5.41, 5.74) is 4.34. The van der Waals surface area contributed by atoms with Crippen LogP contribution in [0.25, 0.3) is 11.3 Å². The zero-order valence-corrected chi connectivity index (χ0v) is 22.3. The van der Waals surface area contributed by atoms with Crippen LogP contribution in [0.4, 0.5) is 26.1 Å². The molecule has 1 saturated carbocycles. The molecule has 200 valence electrons. The Labute approximate surface area is 223 Å². The van der Waals surface area contributed by atoms with Crippen LogP contribution >= 0.6 is 0 Å². The number of piperidine rings is 1. The molecule has 3 heterocycles. The van der Waals surface area contributed by atoms with Gasteiger partial charge in [0, 0.05) is 22.9 Å². The first-order valence-electron chi connectivity index (χ1n) is 13.7. The van der Waals surface area contributed by atoms with Crippen LogP contribution in [0.3, 0.4) is 0 Å². The molecule has 1 N–H and O–H groups in total. The highest BCUT2D eigenvalue weighted by Crippen LogP contribution is 2.50. The lowest BCUT2D eigenvalue weighted by Crippen LogP contribution is -2.38. The van der Waals surface area contributed by atoms with E-state index in [9.17, 15) is 0 Å². The zero-order chi connectivity index (χ0) is 26.4. The number of likely N-dealkylation sites (tertiary alicyclic amines) is 1. The van der Waals surface area contributed by atoms with E-state index in [-0.39, 0.29) is 23.4 Å². The molecule has 1 aromatic heterocycles. The summed E-state index contributed by atoms with van der Waals surface area (Å²) in [4.78, 5) is 13.3. The predicted octanol–water partition coefficient (Wildman–Crippen LogP) is 6.46. The number of halogens is 2. The molecular formula is C30H35F2N5O. The molecule has 1 aliphatic carbocycles. The third-order valence-electron chi connectivity index (χ3n) is 8.06. The van der Waals surface area contributed by atoms with Crippen molar-refractivity contribution in [3.63, 3.8) is 0 Å². The highest BCUT2D eigenvalue weighted by atomic mass is 19.1. The fraction of sp³-hybridized carbons (Fsp3) is 0.467. The number of anilines is 3. The van der Waals surface area contributed by atoms with Gasteiger partial charge in [0.25, 0.3) is 0 Å². The number of rotatable bonds is 6. The minimum absolute atomic E-state index is 0.227. The van der Waals surface area contributed by atoms with E-state index in [1.165, 1.54) is 12.3 Å². The Bertz CT molecular complexity index is 1330. The van der Waals surface area contributed by atoms with Gasteiger partial charge in [-0.05, 0) is 101 Å². The molecule has 0 radical (unpaired) electrons. The van der Waals surface area contributed by atoms with Gasteiger partial charge in [-0.25, -0.2) is 18.7 Å². The minimum Gasteiger partial charge on any atom is -0.489 e. The van der Waals surface area contributed by atoms with Gasteiger partial charge in [0.05, 0.1) is 18.4 Å². The Balaban J connectivity index is 1.30. The SMILES string of the molecule is CC(C)N1CCOc2c(C3CC3)cc(-c3nc(Nc4ccc(C5CCN(C)CC5)c(F)c4)ncc3F)cc21. The summed E-state index contributed by atoms with van der Waals surface area (Å²) in [6, 6.07) is 9.48. The largest absolute Gasteiger partial charge is 0.489 e. The summed E-state index contributed by atoms with van der Waals surface area (Å²) in [5, 5.41) is 3.09. The molecule has 0 spiro atoms. The van der Waals surface area contributed by atoms with E-state index in [0.717, 1.165) is 67.9 Å². The van der Waals surface area contributed by atoms with Gasteiger partial charge < -0.3 is 19.9 Å². The summed E-state index contributed by atoms with van der Waals surface area (Å²) in [5.74, 6) is 1.09. The van der Waals surface area contributed by atoms with Crippen molar-refractivity contribution in [1.82, 2.24) is 14.9 Å². The molecule has 1 saturated heterocycles. The van der Waals surface area contributed by atoms with E-state index in [4.69, 9.17) is 4.74 Å². The van der Waals surface area contributed by atoms with E-state index in [1.54, 1.807) is 0 Å². The molecule has 6 rings (SSSR count). The van der Waals surface area contributed by atoms with E-state index in [0.29, 0.717) is 29.8 Å². The highest BCUT2D eigenvalue weighted by Gasteiger charge is 2.33. The van der Waals surface area contributed by atoms with Gasteiger partial charge in [-0.15, -0.1) is 0 Å². The van der Waals surface area contributed by atoms with E-state index >= 15 is 8.78 Å². The van der Waals surface area contributed by atoms with Crippen molar-refractivity contribution in [2.24, 2.45) is 0 Å². The molecule has 0 amide bonds. The maximum atomic E-state index is 15.1. The highest BCUT2D eigenvalue weighted by molar-refractivity contribution is 5.76. The van der Waals surface area contributed by atoms with Crippen LogP contribution in [0.5, 0.6) is 5.75 Å². The molecule has 3 aromatic rings. The second-order valence-corrected chi connectivity index (χ2v) is 11.2. The van der Waals surface area contributed by atoms with Crippen LogP contribution in [0, 0.1) is 11.6 Å². The third kappa shape index (κ3) is 4.94. The number of benzene rings is 2. The van der Waals surface area contributed by atoms with Gasteiger partial charge in [0.2, 0.25) is 5.95 Å². The number of nitrogens with one attached hydrogen (secondary N) is 1. The maximum absolute atomic E-state index is 15.1. The van der Waals surface area contributed by atoms with Gasteiger partial charge in [-0.1, -0.05) is 6.07 Å². The standard InChI is InChI=1S/C30H35F2N5O/c1-18(2)37-12-13-38-29-24(19-4-5-19)14-21(15-27(29)37)28-26(32)17-33-30(35-28)34-22-6-7-23(25(31)16-22)20-8-10-36(3)11-9-20/h6-7,14-20H,4-5,8-13H2,1-3H3,(H,33,34,35). The molecule has 2 aliphatic heterocycles. The summed E-state index contributed by atoms with van der Waals surface area (Å²) in [7, 11) is 2.10. The Morgan fingerprint density at radius 2 is 1.71 bits per heavy atom. The smallest absolute Gasteiger partial charge is 0.227 e. The molecule has 0 unspecified atom stereocenters. The van der Waals surface area contributed by atoms with Gasteiger partial charge in [-0.2, -0.15) is 0 Å². The number of nitrogens with zero attached hydrogens (tertiary/aromatic N) is 4. The topological polar surface area (TPSA) is 53.5 Å². The molecule has 0 atom stereocenters. The van der Waals surface area contributed by atoms with Crippen molar-refractivity contribution < 1.29 is 13.5 Å². The van der Waals surface area contributed by atoms with Gasteiger partial charge in [0.1, 0.15) is 23.9 Å². The first-order chi connectivity index (χ1) is 18.4. The fourth-order valence-corrected chi connectivity index (χ4v) is 5.76. The summed E-state index contributed by atoms with van der Waals surface area (Å²) >= 11 is 0. The number of aromatic nitrogens is 2. The van der Waals surface area contributed by atoms with Gasteiger partial charge >= 0.3 is 0 Å². The minimum atomic E-state index is -0.492. The van der Waals surface area contributed by atoms with Crippen LogP contribution in [-0.4, -0.2) is 54.2 Å². The van der Waals surface area contributed by atoms with Crippen molar-refractivity contribution in [2.45, 2.75) is 57.4 Å². The molecular weight excluding hydrogens is 484 g/mol. The van der Waals surface area contributed by atoms with E-state index in [1.807, 2.05) is 24.3 Å². The monoisotopic (exact) mass is 519 g/mol. The van der Waals surface area contributed by atoms with Crippen LogP contribution in [0.2, 0.25) is 0 Å². The molecule has 8 heteroatoms. The first-order valence-corrected chi connectivity index (χ1v) is 13.7. The second-order valence-electron chi connectivity index (χ2n) is 11.2. The number of hydrogen-bond acceptors (Lipinski definition) is 6. The quantitative estimate of drug-likeness (QED) is 0.404. The predicted molar refractivity (Wildman–Crippen MR) is 147 cm³/mol. The molecule has 2 aromatic carbocycles. The first kappa shape index (κ1) is 25.0.